The molecule has 2 aromatic heterocycles. The molecule has 1 unspecified atom stereocenters. The minimum Gasteiger partial charge on any atom is -0.467 e. The molecule has 0 saturated carbocycles. The first-order chi connectivity index (χ1) is 11.4. The average molecular weight is 330 g/mol. The monoisotopic (exact) mass is 330 g/mol. The van der Waals surface area contributed by atoms with Crippen LogP contribution in [0.5, 0.6) is 0 Å². The van der Waals surface area contributed by atoms with E-state index in [0.717, 1.165) is 29.6 Å². The average Bonchev–Trinajstić information content (AvgIpc) is 2.87. The molecule has 2 aromatic rings. The third-order valence-corrected chi connectivity index (χ3v) is 4.56. The van der Waals surface area contributed by atoms with E-state index >= 15 is 0 Å². The lowest BCUT2D eigenvalue weighted by molar-refractivity contribution is -0.147. The van der Waals surface area contributed by atoms with E-state index in [1.807, 2.05) is 20.9 Å². The molecule has 1 aliphatic rings. The number of hydrogen-bond donors (Lipinski definition) is 0. The summed E-state index contributed by atoms with van der Waals surface area (Å²) in [6.45, 7) is 4.28. The first-order valence-electron chi connectivity index (χ1n) is 8.13. The highest BCUT2D eigenvalue weighted by Crippen LogP contribution is 2.26. The van der Waals surface area contributed by atoms with Crippen LogP contribution in [0.1, 0.15) is 41.0 Å². The molecule has 1 saturated heterocycles. The summed E-state index contributed by atoms with van der Waals surface area (Å²) in [5, 5.41) is 5.13. The van der Waals surface area contributed by atoms with Crippen molar-refractivity contribution in [3.63, 3.8) is 0 Å². The fraction of sp³-hybridized carbons (Fsp3) is 0.529. The number of likely N-dealkylation sites (tertiary alicyclic amines) is 1. The number of fused-ring (bicyclic) bond motifs is 1. The summed E-state index contributed by atoms with van der Waals surface area (Å²) in [6.07, 6.45) is 2.44. The van der Waals surface area contributed by atoms with Crippen molar-refractivity contribution in [2.45, 2.75) is 39.2 Å². The molecule has 7 heteroatoms. The normalized spacial score (nSPS) is 18.0. The Balaban J connectivity index is 2.09. The molecule has 1 aliphatic heterocycles. The highest BCUT2D eigenvalue weighted by Gasteiger charge is 2.34. The molecule has 128 valence electrons. The maximum atomic E-state index is 13.2. The van der Waals surface area contributed by atoms with E-state index in [1.165, 1.54) is 7.11 Å². The number of rotatable bonds is 2. The molecule has 1 fully saturated rings. The zero-order valence-corrected chi connectivity index (χ0v) is 14.5. The van der Waals surface area contributed by atoms with Crippen molar-refractivity contribution in [2.75, 3.05) is 13.7 Å². The van der Waals surface area contributed by atoms with Gasteiger partial charge in [-0.3, -0.25) is 9.48 Å². The molecule has 0 bridgehead atoms. The Labute approximate surface area is 140 Å². The lowest BCUT2D eigenvalue weighted by Gasteiger charge is -2.34. The number of piperidine rings is 1. The molecule has 0 N–H and O–H groups in total. The van der Waals surface area contributed by atoms with Crippen LogP contribution in [-0.4, -0.2) is 51.2 Å². The van der Waals surface area contributed by atoms with E-state index < -0.39 is 6.04 Å². The maximum Gasteiger partial charge on any atom is 0.328 e. The number of amides is 1. The molecule has 1 atom stereocenters. The molecule has 0 aliphatic carbocycles. The van der Waals surface area contributed by atoms with Crippen molar-refractivity contribution >= 4 is 22.9 Å². The Kier molecular flexibility index (Phi) is 4.26. The highest BCUT2D eigenvalue weighted by molar-refractivity contribution is 6.07. The quantitative estimate of drug-likeness (QED) is 0.784. The Bertz CT molecular complexity index is 812. The SMILES string of the molecule is COC(=O)C1CCCCN1C(=O)c1cc(C)nc2c1c(C)nn2C. The van der Waals surface area contributed by atoms with Crippen LogP contribution in [0.3, 0.4) is 0 Å². The van der Waals surface area contributed by atoms with Crippen molar-refractivity contribution in [1.29, 1.82) is 0 Å². The molecule has 24 heavy (non-hydrogen) atoms. The number of carbonyl (C=O) groups excluding carboxylic acids is 2. The van der Waals surface area contributed by atoms with E-state index in [0.29, 0.717) is 24.2 Å². The number of ether oxygens (including phenoxy) is 1. The van der Waals surface area contributed by atoms with Crippen LogP contribution in [0.2, 0.25) is 0 Å². The molecule has 0 spiro atoms. The molecule has 0 radical (unpaired) electrons. The van der Waals surface area contributed by atoms with Crippen molar-refractivity contribution in [3.05, 3.63) is 23.0 Å². The standard InChI is InChI=1S/C17H22N4O3/c1-10-9-12(14-11(2)19-20(3)15(14)18-10)16(22)21-8-6-5-7-13(21)17(23)24-4/h9,13H,5-8H2,1-4H3. The van der Waals surface area contributed by atoms with E-state index in [9.17, 15) is 9.59 Å². The van der Waals surface area contributed by atoms with Gasteiger partial charge in [-0.15, -0.1) is 0 Å². The topological polar surface area (TPSA) is 77.3 Å². The summed E-state index contributed by atoms with van der Waals surface area (Å²) in [5.74, 6) is -0.510. The predicted octanol–water partition coefficient (Wildman–Crippen LogP) is 1.75. The van der Waals surface area contributed by atoms with Crippen molar-refractivity contribution in [1.82, 2.24) is 19.7 Å². The maximum absolute atomic E-state index is 13.2. The Hall–Kier alpha value is -2.44. The molecule has 1 amide bonds. The summed E-state index contributed by atoms with van der Waals surface area (Å²) >= 11 is 0. The summed E-state index contributed by atoms with van der Waals surface area (Å²) in [7, 11) is 3.17. The number of carbonyl (C=O) groups is 2. The van der Waals surface area contributed by atoms with Gasteiger partial charge in [0.15, 0.2) is 5.65 Å². The van der Waals surface area contributed by atoms with Crippen LogP contribution < -0.4 is 0 Å². The van der Waals surface area contributed by atoms with Crippen molar-refractivity contribution < 1.29 is 14.3 Å². The first kappa shape index (κ1) is 16.4. The van der Waals surface area contributed by atoms with Gasteiger partial charge in [0.05, 0.1) is 23.8 Å². The van der Waals surface area contributed by atoms with Gasteiger partial charge in [-0.2, -0.15) is 5.10 Å². The van der Waals surface area contributed by atoms with Gasteiger partial charge in [-0.25, -0.2) is 9.78 Å². The first-order valence-corrected chi connectivity index (χ1v) is 8.13. The fourth-order valence-electron chi connectivity index (χ4n) is 3.45. The molecular formula is C17H22N4O3. The number of aryl methyl sites for hydroxylation is 3. The zero-order valence-electron chi connectivity index (χ0n) is 14.5. The number of nitrogens with zero attached hydrogens (tertiary/aromatic N) is 4. The molecule has 3 rings (SSSR count). The van der Waals surface area contributed by atoms with Gasteiger partial charge < -0.3 is 9.64 Å². The lowest BCUT2D eigenvalue weighted by Crippen LogP contribution is -2.48. The minimum atomic E-state index is -0.517. The molecule has 7 nitrogen and oxygen atoms in total. The van der Waals surface area contributed by atoms with Gasteiger partial charge in [0.25, 0.3) is 5.91 Å². The van der Waals surface area contributed by atoms with Crippen LogP contribution in [0, 0.1) is 13.8 Å². The van der Waals surface area contributed by atoms with Gasteiger partial charge >= 0.3 is 5.97 Å². The summed E-state index contributed by atoms with van der Waals surface area (Å²) < 4.78 is 6.57. The second-order valence-electron chi connectivity index (χ2n) is 6.25. The van der Waals surface area contributed by atoms with Crippen molar-refractivity contribution in [2.24, 2.45) is 7.05 Å². The molecule has 0 aromatic carbocycles. The second kappa shape index (κ2) is 6.22. The predicted molar refractivity (Wildman–Crippen MR) is 88.7 cm³/mol. The fourth-order valence-corrected chi connectivity index (χ4v) is 3.45. The largest absolute Gasteiger partial charge is 0.467 e. The van der Waals surface area contributed by atoms with Gasteiger partial charge in [0.1, 0.15) is 6.04 Å². The molecular weight excluding hydrogens is 308 g/mol. The summed E-state index contributed by atoms with van der Waals surface area (Å²) in [5.41, 5.74) is 2.75. The number of aromatic nitrogens is 3. The Morgan fingerprint density at radius 3 is 2.75 bits per heavy atom. The zero-order chi connectivity index (χ0) is 17.4. The summed E-state index contributed by atoms with van der Waals surface area (Å²) in [4.78, 5) is 31.4. The van der Waals surface area contributed by atoms with Gasteiger partial charge in [-0.05, 0) is 39.2 Å². The van der Waals surface area contributed by atoms with Gasteiger partial charge in [0.2, 0.25) is 0 Å². The van der Waals surface area contributed by atoms with Crippen LogP contribution >= 0.6 is 0 Å². The number of methoxy groups -OCH3 is 1. The number of esters is 1. The Morgan fingerprint density at radius 1 is 1.29 bits per heavy atom. The number of hydrogen-bond acceptors (Lipinski definition) is 5. The Morgan fingerprint density at radius 2 is 2.04 bits per heavy atom. The molecule has 3 heterocycles. The van der Waals surface area contributed by atoms with Crippen molar-refractivity contribution in [3.8, 4) is 0 Å². The van der Waals surface area contributed by atoms with Gasteiger partial charge in [-0.1, -0.05) is 0 Å². The van der Waals surface area contributed by atoms with E-state index in [2.05, 4.69) is 10.1 Å². The van der Waals surface area contributed by atoms with E-state index in [1.54, 1.807) is 15.6 Å². The lowest BCUT2D eigenvalue weighted by atomic mass is 9.99. The highest BCUT2D eigenvalue weighted by atomic mass is 16.5. The van der Waals surface area contributed by atoms with Crippen LogP contribution in [0.25, 0.3) is 11.0 Å². The third-order valence-electron chi connectivity index (χ3n) is 4.56. The van der Waals surface area contributed by atoms with Crippen LogP contribution in [-0.2, 0) is 16.6 Å². The van der Waals surface area contributed by atoms with Crippen LogP contribution in [0.4, 0.5) is 0 Å². The number of pyridine rings is 1. The second-order valence-corrected chi connectivity index (χ2v) is 6.25. The van der Waals surface area contributed by atoms with E-state index in [-0.39, 0.29) is 11.9 Å². The van der Waals surface area contributed by atoms with Gasteiger partial charge in [0, 0.05) is 19.3 Å². The third kappa shape index (κ3) is 2.64. The smallest absolute Gasteiger partial charge is 0.328 e. The summed E-state index contributed by atoms with van der Waals surface area (Å²) in [6, 6.07) is 1.26. The van der Waals surface area contributed by atoms with E-state index in [4.69, 9.17) is 4.74 Å². The minimum absolute atomic E-state index is 0.156. The van der Waals surface area contributed by atoms with Crippen LogP contribution in [0.15, 0.2) is 6.07 Å².